The van der Waals surface area contributed by atoms with Crippen molar-refractivity contribution in [3.8, 4) is 5.75 Å². The molecular formula is C20H28N2O5. The largest absolute Gasteiger partial charge is 0.495 e. The van der Waals surface area contributed by atoms with Crippen LogP contribution in [0.1, 0.15) is 18.4 Å². The number of carbonyl (C=O) groups excluding carboxylic acids is 1. The topological polar surface area (TPSA) is 80.3 Å². The van der Waals surface area contributed by atoms with Crippen LogP contribution >= 0.6 is 0 Å². The van der Waals surface area contributed by atoms with E-state index in [1.807, 2.05) is 30.0 Å². The molecule has 4 atom stereocenters. The maximum absolute atomic E-state index is 13.2. The number of nitrogens with zero attached hydrogens (tertiary/aromatic N) is 1. The Kier molecular flexibility index (Phi) is 5.01. The van der Waals surface area contributed by atoms with E-state index < -0.39 is 5.60 Å². The highest BCUT2D eigenvalue weighted by Gasteiger charge is 2.56. The van der Waals surface area contributed by atoms with Crippen molar-refractivity contribution in [2.24, 2.45) is 11.8 Å². The highest BCUT2D eigenvalue weighted by atomic mass is 16.5. The number of urea groups is 1. The Hall–Kier alpha value is -1.83. The van der Waals surface area contributed by atoms with Gasteiger partial charge in [0.15, 0.2) is 0 Å². The van der Waals surface area contributed by atoms with Crippen molar-refractivity contribution in [2.45, 2.75) is 31.4 Å². The number of aliphatic hydroxyl groups is 1. The Morgan fingerprint density at radius 3 is 2.96 bits per heavy atom. The molecule has 3 aliphatic heterocycles. The minimum Gasteiger partial charge on any atom is -0.495 e. The van der Waals surface area contributed by atoms with Crippen LogP contribution < -0.4 is 10.1 Å². The second-order valence-corrected chi connectivity index (χ2v) is 7.84. The van der Waals surface area contributed by atoms with Crippen molar-refractivity contribution in [3.05, 3.63) is 23.8 Å². The molecule has 7 nitrogen and oxygen atoms in total. The number of nitrogens with one attached hydrogen (secondary N) is 1. The lowest BCUT2D eigenvalue weighted by Crippen LogP contribution is -2.69. The number of carbonyl (C=O) groups is 1. The van der Waals surface area contributed by atoms with Crippen molar-refractivity contribution in [3.63, 3.8) is 0 Å². The molecule has 3 saturated heterocycles. The summed E-state index contributed by atoms with van der Waals surface area (Å²) in [5, 5.41) is 14.4. The third-order valence-electron chi connectivity index (χ3n) is 6.31. The van der Waals surface area contributed by atoms with E-state index in [2.05, 4.69) is 5.32 Å². The van der Waals surface area contributed by atoms with Gasteiger partial charge in [-0.2, -0.15) is 0 Å². The Labute approximate surface area is 159 Å². The summed E-state index contributed by atoms with van der Waals surface area (Å²) in [7, 11) is 1.59. The lowest BCUT2D eigenvalue weighted by atomic mass is 9.66. The summed E-state index contributed by atoms with van der Waals surface area (Å²) in [5.74, 6) is 0.449. The molecule has 1 aromatic rings. The van der Waals surface area contributed by atoms with Crippen LogP contribution in [0, 0.1) is 18.8 Å². The lowest BCUT2D eigenvalue weighted by Gasteiger charge is -2.56. The fourth-order valence-electron chi connectivity index (χ4n) is 4.80. The molecule has 3 fully saturated rings. The Morgan fingerprint density at radius 2 is 2.15 bits per heavy atom. The van der Waals surface area contributed by atoms with E-state index in [4.69, 9.17) is 14.2 Å². The summed E-state index contributed by atoms with van der Waals surface area (Å²) in [6.07, 6.45) is 1.34. The van der Waals surface area contributed by atoms with Crippen molar-refractivity contribution in [2.75, 3.05) is 45.4 Å². The normalized spacial score (nSPS) is 33.0. The number of hydrogen-bond donors (Lipinski definition) is 2. The summed E-state index contributed by atoms with van der Waals surface area (Å²) >= 11 is 0. The number of amides is 2. The van der Waals surface area contributed by atoms with Crippen LogP contribution in [0.2, 0.25) is 0 Å². The molecular weight excluding hydrogens is 348 g/mol. The monoisotopic (exact) mass is 376 g/mol. The fourth-order valence-corrected chi connectivity index (χ4v) is 4.80. The highest BCUT2D eigenvalue weighted by molar-refractivity contribution is 5.91. The number of aryl methyl sites for hydroxylation is 1. The van der Waals surface area contributed by atoms with Crippen molar-refractivity contribution in [1.29, 1.82) is 0 Å². The molecule has 0 radical (unpaired) electrons. The molecule has 0 spiro atoms. The number of fused-ring (bicyclic) bond motifs is 3. The van der Waals surface area contributed by atoms with Gasteiger partial charge in [0.05, 0.1) is 31.6 Å². The second-order valence-electron chi connectivity index (χ2n) is 7.84. The first-order chi connectivity index (χ1) is 13.0. The van der Waals surface area contributed by atoms with Crippen LogP contribution in [0.15, 0.2) is 18.2 Å². The molecule has 4 rings (SSSR count). The van der Waals surface area contributed by atoms with Gasteiger partial charge in [-0.25, -0.2) is 4.79 Å². The number of anilines is 1. The maximum Gasteiger partial charge on any atom is 0.322 e. The van der Waals surface area contributed by atoms with E-state index >= 15 is 0 Å². The first kappa shape index (κ1) is 18.5. The molecule has 2 amide bonds. The SMILES string of the molecule is COc1ccc(C)cc1NC(=O)N1C[C@@H]2COCC[C@]2(O)[C@H]2COCC[C@H]21. The van der Waals surface area contributed by atoms with E-state index in [-0.39, 0.29) is 23.9 Å². The summed E-state index contributed by atoms with van der Waals surface area (Å²) < 4.78 is 16.7. The third kappa shape index (κ3) is 3.28. The Bertz CT molecular complexity index is 712. The molecule has 148 valence electrons. The minimum atomic E-state index is -0.818. The minimum absolute atomic E-state index is 0.0334. The molecule has 1 aromatic carbocycles. The lowest BCUT2D eigenvalue weighted by molar-refractivity contribution is -0.211. The van der Waals surface area contributed by atoms with E-state index in [0.29, 0.717) is 50.8 Å². The summed E-state index contributed by atoms with van der Waals surface area (Å²) in [6.45, 7) is 4.58. The van der Waals surface area contributed by atoms with Gasteiger partial charge in [0.1, 0.15) is 5.75 Å². The quantitative estimate of drug-likeness (QED) is 0.826. The molecule has 0 aliphatic carbocycles. The van der Waals surface area contributed by atoms with E-state index in [1.165, 1.54) is 0 Å². The zero-order valence-corrected chi connectivity index (χ0v) is 15.9. The number of piperidine rings is 1. The van der Waals surface area contributed by atoms with Gasteiger partial charge in [-0.15, -0.1) is 0 Å². The summed E-state index contributed by atoms with van der Waals surface area (Å²) in [4.78, 5) is 15.0. The van der Waals surface area contributed by atoms with Crippen LogP contribution in [0.3, 0.4) is 0 Å². The van der Waals surface area contributed by atoms with Gasteiger partial charge in [0, 0.05) is 44.1 Å². The predicted octanol–water partition coefficient (Wildman–Crippen LogP) is 2.02. The van der Waals surface area contributed by atoms with Gasteiger partial charge in [-0.3, -0.25) is 0 Å². The van der Waals surface area contributed by atoms with Gasteiger partial charge < -0.3 is 29.5 Å². The molecule has 0 bridgehead atoms. The first-order valence-electron chi connectivity index (χ1n) is 9.63. The Balaban J connectivity index is 1.59. The van der Waals surface area contributed by atoms with Gasteiger partial charge >= 0.3 is 6.03 Å². The molecule has 27 heavy (non-hydrogen) atoms. The van der Waals surface area contributed by atoms with E-state index in [9.17, 15) is 9.90 Å². The maximum atomic E-state index is 13.2. The molecule has 0 saturated carbocycles. The standard InChI is InChI=1S/C20H28N2O5/c1-13-3-4-18(25-2)16(9-13)21-19(23)22-10-14-11-27-8-6-20(14,24)15-12-26-7-5-17(15)22/h3-4,9,14-15,17,24H,5-8,10-12H2,1-2H3,(H,21,23)/t14-,15+,17-,20-/m1/s1. The average molecular weight is 376 g/mol. The van der Waals surface area contributed by atoms with Crippen LogP contribution in [-0.4, -0.2) is 67.8 Å². The van der Waals surface area contributed by atoms with Crippen LogP contribution in [0.4, 0.5) is 10.5 Å². The molecule has 7 heteroatoms. The fraction of sp³-hybridized carbons (Fsp3) is 0.650. The van der Waals surface area contributed by atoms with Crippen molar-refractivity contribution in [1.82, 2.24) is 4.90 Å². The number of likely N-dealkylation sites (tertiary alicyclic amines) is 1. The van der Waals surface area contributed by atoms with Crippen LogP contribution in [0.5, 0.6) is 5.75 Å². The van der Waals surface area contributed by atoms with E-state index in [1.54, 1.807) is 7.11 Å². The van der Waals surface area contributed by atoms with Gasteiger partial charge in [0.25, 0.3) is 0 Å². The number of hydrogen-bond acceptors (Lipinski definition) is 5. The average Bonchev–Trinajstić information content (AvgIpc) is 2.67. The molecule has 0 unspecified atom stereocenters. The number of ether oxygens (including phenoxy) is 3. The number of rotatable bonds is 2. The van der Waals surface area contributed by atoms with Crippen LogP contribution in [-0.2, 0) is 9.47 Å². The molecule has 3 aliphatic rings. The summed E-state index contributed by atoms with van der Waals surface area (Å²) in [6, 6.07) is 5.51. The Morgan fingerprint density at radius 1 is 1.33 bits per heavy atom. The van der Waals surface area contributed by atoms with Gasteiger partial charge in [0.2, 0.25) is 0 Å². The zero-order chi connectivity index (χ0) is 19.0. The van der Waals surface area contributed by atoms with Gasteiger partial charge in [-0.1, -0.05) is 6.07 Å². The first-order valence-corrected chi connectivity index (χ1v) is 9.63. The smallest absolute Gasteiger partial charge is 0.322 e. The number of methoxy groups -OCH3 is 1. The highest BCUT2D eigenvalue weighted by Crippen LogP contribution is 2.44. The third-order valence-corrected chi connectivity index (χ3v) is 6.31. The molecule has 3 heterocycles. The molecule has 0 aromatic heterocycles. The van der Waals surface area contributed by atoms with Crippen molar-refractivity contribution >= 4 is 11.7 Å². The van der Waals surface area contributed by atoms with Crippen molar-refractivity contribution < 1.29 is 24.1 Å². The predicted molar refractivity (Wildman–Crippen MR) is 100 cm³/mol. The van der Waals surface area contributed by atoms with Gasteiger partial charge in [-0.05, 0) is 31.0 Å². The second kappa shape index (κ2) is 7.30. The van der Waals surface area contributed by atoms with E-state index in [0.717, 1.165) is 12.0 Å². The van der Waals surface area contributed by atoms with Crippen LogP contribution in [0.25, 0.3) is 0 Å². The molecule has 2 N–H and O–H groups in total. The summed E-state index contributed by atoms with van der Waals surface area (Å²) in [5.41, 5.74) is 0.886. The zero-order valence-electron chi connectivity index (χ0n) is 15.9. The number of benzene rings is 1.